The molecule has 40 heavy (non-hydrogen) atoms. The van der Waals surface area contributed by atoms with Crippen LogP contribution in [0.5, 0.6) is 0 Å². The first-order chi connectivity index (χ1) is 18.4. The van der Waals surface area contributed by atoms with E-state index in [0.29, 0.717) is 41.0 Å². The van der Waals surface area contributed by atoms with Gasteiger partial charge in [-0.3, -0.25) is 4.79 Å². The summed E-state index contributed by atoms with van der Waals surface area (Å²) in [5, 5.41) is 9.98. The Morgan fingerprint density at radius 1 is 1.07 bits per heavy atom. The number of Topliss-reactive ketones (excluding diaryl/α,β-unsaturated/α-hetero) is 1. The van der Waals surface area contributed by atoms with Gasteiger partial charge in [-0.05, 0) is 51.8 Å². The number of aromatic nitrogens is 2. The largest absolute Gasteiger partial charge is 0.404 e. The van der Waals surface area contributed by atoms with Crippen molar-refractivity contribution >= 4 is 50.3 Å². The van der Waals surface area contributed by atoms with E-state index in [2.05, 4.69) is 9.97 Å². The summed E-state index contributed by atoms with van der Waals surface area (Å²) in [4.78, 5) is 22.2. The van der Waals surface area contributed by atoms with E-state index in [4.69, 9.17) is 23.2 Å². The number of hydrogen-bond donors (Lipinski definition) is 2. The summed E-state index contributed by atoms with van der Waals surface area (Å²) in [5.41, 5.74) is -0.195. The van der Waals surface area contributed by atoms with Crippen molar-refractivity contribution in [2.45, 2.75) is 70.2 Å². The SMILES string of the molecule is CCC(CC)C(=O)c1nc(-c2cccc(C(C)(C)O)n2)sc1-c1ccc(S(=O)(=O)N[C@@H](C)C(F)(F)F)c(Cl)c1Cl. The van der Waals surface area contributed by atoms with Crippen LogP contribution in [-0.2, 0) is 15.6 Å². The van der Waals surface area contributed by atoms with Crippen LogP contribution in [0.15, 0.2) is 35.2 Å². The second kappa shape index (κ2) is 12.0. The average molecular weight is 639 g/mol. The molecule has 2 heterocycles. The van der Waals surface area contributed by atoms with Crippen molar-refractivity contribution in [3.05, 3.63) is 51.8 Å². The molecule has 2 aromatic heterocycles. The molecule has 3 aromatic rings. The molecule has 1 atom stereocenters. The Hall–Kier alpha value is -2.09. The van der Waals surface area contributed by atoms with Crippen molar-refractivity contribution in [2.24, 2.45) is 5.92 Å². The molecule has 0 aliphatic carbocycles. The van der Waals surface area contributed by atoms with Gasteiger partial charge in [0, 0.05) is 11.5 Å². The zero-order chi connectivity index (χ0) is 30.2. The molecule has 0 fully saturated rings. The summed E-state index contributed by atoms with van der Waals surface area (Å²) in [6, 6.07) is 4.96. The fourth-order valence-electron chi connectivity index (χ4n) is 3.80. The minimum atomic E-state index is -4.82. The standard InChI is InChI=1S/C26H28Cl2F3N3O4S2/c1-6-14(7-2)22(35)21-23(39-24(33-21)16-9-8-10-18(32-16)25(4,5)36)15-11-12-17(20(28)19(15)27)40(37,38)34-13(3)26(29,30)31/h8-14,34,36H,6-7H2,1-5H3/t13-/m0/s1. The Morgan fingerprint density at radius 3 is 2.25 bits per heavy atom. The second-order valence-electron chi connectivity index (χ2n) is 9.67. The Kier molecular flexibility index (Phi) is 9.75. The Balaban J connectivity index is 2.20. The first-order valence-electron chi connectivity index (χ1n) is 12.2. The van der Waals surface area contributed by atoms with Crippen LogP contribution in [0.3, 0.4) is 0 Å². The number of rotatable bonds is 10. The number of aliphatic hydroxyl groups is 1. The molecule has 0 saturated heterocycles. The average Bonchev–Trinajstić information content (AvgIpc) is 3.30. The van der Waals surface area contributed by atoms with Gasteiger partial charge in [0.25, 0.3) is 0 Å². The number of alkyl halides is 3. The quantitative estimate of drug-likeness (QED) is 0.227. The monoisotopic (exact) mass is 637 g/mol. The van der Waals surface area contributed by atoms with E-state index in [9.17, 15) is 31.5 Å². The van der Waals surface area contributed by atoms with E-state index in [1.54, 1.807) is 36.8 Å². The van der Waals surface area contributed by atoms with E-state index >= 15 is 0 Å². The van der Waals surface area contributed by atoms with Crippen molar-refractivity contribution in [2.75, 3.05) is 0 Å². The summed E-state index contributed by atoms with van der Waals surface area (Å²) in [5.74, 6) is -0.614. The third-order valence-electron chi connectivity index (χ3n) is 6.22. The predicted molar refractivity (Wildman–Crippen MR) is 150 cm³/mol. The fourth-order valence-corrected chi connectivity index (χ4v) is 7.03. The minimum absolute atomic E-state index is 0.0848. The molecule has 3 rings (SSSR count). The maximum atomic E-state index is 13.5. The van der Waals surface area contributed by atoms with Crippen LogP contribution in [0, 0.1) is 5.92 Å². The van der Waals surface area contributed by atoms with Gasteiger partial charge in [0.1, 0.15) is 27.2 Å². The van der Waals surface area contributed by atoms with E-state index < -0.39 is 37.8 Å². The van der Waals surface area contributed by atoms with Gasteiger partial charge in [-0.25, -0.2) is 18.4 Å². The number of pyridine rings is 1. The number of benzene rings is 1. The lowest BCUT2D eigenvalue weighted by atomic mass is 9.94. The molecule has 2 N–H and O–H groups in total. The highest BCUT2D eigenvalue weighted by Gasteiger charge is 2.39. The highest BCUT2D eigenvalue weighted by atomic mass is 35.5. The smallest absolute Gasteiger partial charge is 0.384 e. The molecule has 0 aliphatic heterocycles. The van der Waals surface area contributed by atoms with Gasteiger partial charge in [0.05, 0.1) is 26.3 Å². The number of halogens is 5. The van der Waals surface area contributed by atoms with Crippen LogP contribution in [0.2, 0.25) is 10.0 Å². The van der Waals surface area contributed by atoms with Crippen molar-refractivity contribution in [3.63, 3.8) is 0 Å². The number of hydrogen-bond acceptors (Lipinski definition) is 7. The molecule has 0 unspecified atom stereocenters. The van der Waals surface area contributed by atoms with Crippen LogP contribution in [0.1, 0.15) is 63.6 Å². The lowest BCUT2D eigenvalue weighted by Crippen LogP contribution is -2.43. The van der Waals surface area contributed by atoms with E-state index in [-0.39, 0.29) is 28.0 Å². The molecule has 0 aliphatic rings. The normalized spacial score (nSPS) is 13.6. The highest BCUT2D eigenvalue weighted by Crippen LogP contribution is 2.44. The van der Waals surface area contributed by atoms with Gasteiger partial charge >= 0.3 is 6.18 Å². The van der Waals surface area contributed by atoms with Crippen LogP contribution in [0.25, 0.3) is 21.1 Å². The second-order valence-corrected chi connectivity index (χ2v) is 13.1. The van der Waals surface area contributed by atoms with Gasteiger partial charge < -0.3 is 5.11 Å². The van der Waals surface area contributed by atoms with Gasteiger partial charge in [-0.2, -0.15) is 17.9 Å². The van der Waals surface area contributed by atoms with Crippen LogP contribution >= 0.6 is 34.5 Å². The van der Waals surface area contributed by atoms with Crippen molar-refractivity contribution in [3.8, 4) is 21.1 Å². The number of carbonyl (C=O) groups is 1. The zero-order valence-corrected chi connectivity index (χ0v) is 25.4. The molecule has 0 saturated carbocycles. The Morgan fingerprint density at radius 2 is 1.70 bits per heavy atom. The fraction of sp³-hybridized carbons (Fsp3) is 0.423. The number of sulfonamides is 1. The molecule has 0 bridgehead atoms. The lowest BCUT2D eigenvalue weighted by Gasteiger charge is -2.18. The predicted octanol–water partition coefficient (Wildman–Crippen LogP) is 7.25. The first-order valence-corrected chi connectivity index (χ1v) is 15.3. The number of nitrogens with one attached hydrogen (secondary N) is 1. The molecule has 14 heteroatoms. The minimum Gasteiger partial charge on any atom is -0.384 e. The summed E-state index contributed by atoms with van der Waals surface area (Å²) in [7, 11) is -4.70. The van der Waals surface area contributed by atoms with Crippen molar-refractivity contribution in [1.29, 1.82) is 0 Å². The molecule has 218 valence electrons. The third kappa shape index (κ3) is 6.85. The third-order valence-corrected chi connectivity index (χ3v) is 9.90. The Bertz CT molecular complexity index is 1520. The van der Waals surface area contributed by atoms with E-state index in [1.807, 2.05) is 13.8 Å². The summed E-state index contributed by atoms with van der Waals surface area (Å²) in [6.07, 6.45) is -3.73. The number of ketones is 1. The maximum Gasteiger partial charge on any atom is 0.404 e. The lowest BCUT2D eigenvalue weighted by molar-refractivity contribution is -0.147. The van der Waals surface area contributed by atoms with Gasteiger partial charge in [0.2, 0.25) is 10.0 Å². The van der Waals surface area contributed by atoms with Crippen molar-refractivity contribution < 1.29 is 31.5 Å². The van der Waals surface area contributed by atoms with Gasteiger partial charge in [-0.15, -0.1) is 11.3 Å². The zero-order valence-electron chi connectivity index (χ0n) is 22.2. The molecular formula is C26H28Cl2F3N3O4S2. The molecule has 0 spiro atoms. The summed E-state index contributed by atoms with van der Waals surface area (Å²) < 4.78 is 66.0. The number of thiazole rings is 1. The summed E-state index contributed by atoms with van der Waals surface area (Å²) >= 11 is 13.9. The number of carbonyl (C=O) groups excluding carboxylic acids is 1. The molecular weight excluding hydrogens is 610 g/mol. The van der Waals surface area contributed by atoms with Crippen molar-refractivity contribution in [1.82, 2.24) is 14.7 Å². The number of nitrogens with zero attached hydrogens (tertiary/aromatic N) is 2. The first kappa shape index (κ1) is 32.4. The van der Waals surface area contributed by atoms with Crippen LogP contribution < -0.4 is 4.72 Å². The van der Waals surface area contributed by atoms with Crippen LogP contribution in [-0.4, -0.2) is 41.5 Å². The highest BCUT2D eigenvalue weighted by molar-refractivity contribution is 7.89. The molecule has 1 aromatic carbocycles. The van der Waals surface area contributed by atoms with Gasteiger partial charge in [0.15, 0.2) is 5.78 Å². The molecule has 7 nitrogen and oxygen atoms in total. The van der Waals surface area contributed by atoms with E-state index in [1.165, 1.54) is 6.07 Å². The molecule has 0 amide bonds. The molecule has 0 radical (unpaired) electrons. The van der Waals surface area contributed by atoms with E-state index in [0.717, 1.165) is 17.4 Å². The maximum absolute atomic E-state index is 13.5. The van der Waals surface area contributed by atoms with Crippen LogP contribution in [0.4, 0.5) is 13.2 Å². The van der Waals surface area contributed by atoms with Gasteiger partial charge in [-0.1, -0.05) is 49.2 Å². The topological polar surface area (TPSA) is 109 Å². The Labute approximate surface area is 244 Å². The summed E-state index contributed by atoms with van der Waals surface area (Å²) in [6.45, 7) is 7.56.